The zero-order chi connectivity index (χ0) is 12.9. The molecule has 92 valence electrons. The second kappa shape index (κ2) is 6.09. The zero-order valence-corrected chi connectivity index (χ0v) is 9.90. The van der Waals surface area contributed by atoms with Crippen LogP contribution in [-0.2, 0) is 14.4 Å². The zero-order valence-electron chi connectivity index (χ0n) is 9.90. The maximum atomic E-state index is 11.5. The maximum absolute atomic E-state index is 11.5. The summed E-state index contributed by atoms with van der Waals surface area (Å²) < 4.78 is 0. The van der Waals surface area contributed by atoms with Crippen molar-refractivity contribution in [3.63, 3.8) is 0 Å². The van der Waals surface area contributed by atoms with E-state index in [1.165, 1.54) is 13.8 Å². The van der Waals surface area contributed by atoms with Crippen LogP contribution in [0.5, 0.6) is 0 Å². The molecule has 0 saturated carbocycles. The second-order valence-corrected chi connectivity index (χ2v) is 3.99. The Kier molecular flexibility index (Phi) is 5.49. The second-order valence-electron chi connectivity index (χ2n) is 3.99. The molecule has 0 bridgehead atoms. The summed E-state index contributed by atoms with van der Waals surface area (Å²) in [6.07, 6.45) is 0. The third-order valence-corrected chi connectivity index (χ3v) is 2.04. The molecular weight excluding hydrogens is 212 g/mol. The van der Waals surface area contributed by atoms with Crippen LogP contribution in [0.3, 0.4) is 0 Å². The lowest BCUT2D eigenvalue weighted by atomic mass is 10.0. The number of hydrogen-bond acceptors (Lipinski definition) is 3. The molecule has 3 N–H and O–H groups in total. The minimum Gasteiger partial charge on any atom is -0.480 e. The summed E-state index contributed by atoms with van der Waals surface area (Å²) in [5.74, 6) is -2.14. The van der Waals surface area contributed by atoms with Crippen LogP contribution in [0.2, 0.25) is 0 Å². The fourth-order valence-corrected chi connectivity index (χ4v) is 1.16. The summed E-state index contributed by atoms with van der Waals surface area (Å²) in [4.78, 5) is 33.0. The first-order valence-electron chi connectivity index (χ1n) is 5.06. The van der Waals surface area contributed by atoms with Gasteiger partial charge in [0.2, 0.25) is 11.8 Å². The third-order valence-electron chi connectivity index (χ3n) is 2.04. The smallest absolute Gasteiger partial charge is 0.326 e. The Bertz CT molecular complexity index is 289. The van der Waals surface area contributed by atoms with Crippen LogP contribution < -0.4 is 10.6 Å². The first-order valence-corrected chi connectivity index (χ1v) is 5.06. The first kappa shape index (κ1) is 14.4. The Morgan fingerprint density at radius 2 is 1.56 bits per heavy atom. The molecule has 2 amide bonds. The van der Waals surface area contributed by atoms with Gasteiger partial charge in [-0.25, -0.2) is 4.79 Å². The third kappa shape index (κ3) is 4.77. The van der Waals surface area contributed by atoms with E-state index in [-0.39, 0.29) is 11.8 Å². The van der Waals surface area contributed by atoms with E-state index in [1.807, 2.05) is 0 Å². The highest BCUT2D eigenvalue weighted by atomic mass is 16.4. The molecule has 6 nitrogen and oxygen atoms in total. The average Bonchev–Trinajstić information content (AvgIpc) is 2.11. The molecule has 2 atom stereocenters. The number of rotatable bonds is 5. The van der Waals surface area contributed by atoms with Gasteiger partial charge in [0, 0.05) is 6.92 Å². The summed E-state index contributed by atoms with van der Waals surface area (Å²) in [7, 11) is 0. The van der Waals surface area contributed by atoms with Crippen molar-refractivity contribution < 1.29 is 19.5 Å². The Hall–Kier alpha value is -1.59. The highest BCUT2D eigenvalue weighted by Crippen LogP contribution is 2.02. The van der Waals surface area contributed by atoms with Crippen molar-refractivity contribution >= 4 is 17.8 Å². The van der Waals surface area contributed by atoms with E-state index in [0.717, 1.165) is 0 Å². The number of aliphatic carboxylic acids is 1. The molecule has 0 saturated heterocycles. The van der Waals surface area contributed by atoms with Crippen molar-refractivity contribution in [1.82, 2.24) is 10.6 Å². The van der Waals surface area contributed by atoms with E-state index < -0.39 is 24.0 Å². The molecule has 0 aromatic rings. The summed E-state index contributed by atoms with van der Waals surface area (Å²) in [5, 5.41) is 13.6. The molecule has 0 spiro atoms. The predicted molar refractivity (Wildman–Crippen MR) is 57.7 cm³/mol. The fourth-order valence-electron chi connectivity index (χ4n) is 1.16. The molecule has 1 unspecified atom stereocenters. The van der Waals surface area contributed by atoms with Crippen LogP contribution in [0.25, 0.3) is 0 Å². The number of hydrogen-bond donors (Lipinski definition) is 3. The van der Waals surface area contributed by atoms with Gasteiger partial charge in [-0.1, -0.05) is 13.8 Å². The van der Waals surface area contributed by atoms with Crippen molar-refractivity contribution in [2.75, 3.05) is 0 Å². The molecule has 0 aliphatic rings. The van der Waals surface area contributed by atoms with Crippen LogP contribution in [-0.4, -0.2) is 35.0 Å². The van der Waals surface area contributed by atoms with Gasteiger partial charge in [-0.15, -0.1) is 0 Å². The summed E-state index contributed by atoms with van der Waals surface area (Å²) in [5.41, 5.74) is 0. The predicted octanol–water partition coefficient (Wildman–Crippen LogP) is -0.264. The van der Waals surface area contributed by atoms with Gasteiger partial charge in [0.05, 0.1) is 0 Å². The van der Waals surface area contributed by atoms with Gasteiger partial charge in [-0.3, -0.25) is 9.59 Å². The highest BCUT2D eigenvalue weighted by molar-refractivity contribution is 5.89. The molecule has 0 aliphatic heterocycles. The molecule has 0 rings (SSSR count). The van der Waals surface area contributed by atoms with Gasteiger partial charge in [0.25, 0.3) is 0 Å². The molecule has 0 radical (unpaired) electrons. The molecule has 6 heteroatoms. The molecule has 0 heterocycles. The number of carboxylic acid groups (broad SMARTS) is 1. The van der Waals surface area contributed by atoms with Crippen molar-refractivity contribution in [3.05, 3.63) is 0 Å². The number of carbonyl (C=O) groups excluding carboxylic acids is 2. The van der Waals surface area contributed by atoms with Crippen molar-refractivity contribution in [3.8, 4) is 0 Å². The standard InChI is InChI=1S/C10H18N2O4/c1-5(2)8(10(15)16)12-9(14)6(3)11-7(4)13/h5-6,8H,1-4H3,(H,11,13)(H,12,14)(H,15,16)/t6?,8-/m0/s1. The summed E-state index contributed by atoms with van der Waals surface area (Å²) in [6.45, 7) is 6.18. The molecule has 16 heavy (non-hydrogen) atoms. The minimum absolute atomic E-state index is 0.217. The van der Waals surface area contributed by atoms with Crippen molar-refractivity contribution in [1.29, 1.82) is 0 Å². The highest BCUT2D eigenvalue weighted by Gasteiger charge is 2.25. The SMILES string of the molecule is CC(=O)NC(C)C(=O)N[C@H](C(=O)O)C(C)C. The average molecular weight is 230 g/mol. The van der Waals surface area contributed by atoms with Crippen LogP contribution in [0.15, 0.2) is 0 Å². The number of nitrogens with one attached hydrogen (secondary N) is 2. The minimum atomic E-state index is -1.08. The monoisotopic (exact) mass is 230 g/mol. The van der Waals surface area contributed by atoms with Gasteiger partial charge in [0.15, 0.2) is 0 Å². The molecule has 0 aromatic heterocycles. The molecule has 0 aromatic carbocycles. The maximum Gasteiger partial charge on any atom is 0.326 e. The lowest BCUT2D eigenvalue weighted by molar-refractivity contribution is -0.143. The molecule has 0 fully saturated rings. The topological polar surface area (TPSA) is 95.5 Å². The Labute approximate surface area is 94.4 Å². The normalized spacial score (nSPS) is 14.1. The van der Waals surface area contributed by atoms with Gasteiger partial charge in [-0.05, 0) is 12.8 Å². The van der Waals surface area contributed by atoms with Crippen LogP contribution in [0, 0.1) is 5.92 Å². The van der Waals surface area contributed by atoms with E-state index in [2.05, 4.69) is 10.6 Å². The number of carboxylic acids is 1. The van der Waals surface area contributed by atoms with E-state index in [1.54, 1.807) is 13.8 Å². The lowest BCUT2D eigenvalue weighted by Crippen LogP contribution is -2.51. The van der Waals surface area contributed by atoms with E-state index in [4.69, 9.17) is 5.11 Å². The molecular formula is C10H18N2O4. The summed E-state index contributed by atoms with van der Waals surface area (Å²) >= 11 is 0. The Balaban J connectivity index is 4.40. The van der Waals surface area contributed by atoms with Crippen LogP contribution >= 0.6 is 0 Å². The summed E-state index contributed by atoms with van der Waals surface area (Å²) in [6, 6.07) is -1.68. The largest absolute Gasteiger partial charge is 0.480 e. The Morgan fingerprint density at radius 3 is 1.88 bits per heavy atom. The molecule has 0 aliphatic carbocycles. The van der Waals surface area contributed by atoms with E-state index in [9.17, 15) is 14.4 Å². The quantitative estimate of drug-likeness (QED) is 0.606. The first-order chi connectivity index (χ1) is 7.25. The van der Waals surface area contributed by atoms with Crippen molar-refractivity contribution in [2.45, 2.75) is 39.8 Å². The van der Waals surface area contributed by atoms with Crippen LogP contribution in [0.1, 0.15) is 27.7 Å². The fraction of sp³-hybridized carbons (Fsp3) is 0.700. The van der Waals surface area contributed by atoms with Gasteiger partial charge < -0.3 is 15.7 Å². The van der Waals surface area contributed by atoms with E-state index >= 15 is 0 Å². The number of amides is 2. The van der Waals surface area contributed by atoms with Crippen molar-refractivity contribution in [2.24, 2.45) is 5.92 Å². The van der Waals surface area contributed by atoms with Gasteiger partial charge in [-0.2, -0.15) is 0 Å². The number of carbonyl (C=O) groups is 3. The lowest BCUT2D eigenvalue weighted by Gasteiger charge is -2.20. The van der Waals surface area contributed by atoms with E-state index in [0.29, 0.717) is 0 Å². The Morgan fingerprint density at radius 1 is 1.06 bits per heavy atom. The van der Waals surface area contributed by atoms with Gasteiger partial charge >= 0.3 is 5.97 Å². The van der Waals surface area contributed by atoms with Gasteiger partial charge in [0.1, 0.15) is 12.1 Å². The van der Waals surface area contributed by atoms with Crippen LogP contribution in [0.4, 0.5) is 0 Å².